The van der Waals surface area contributed by atoms with Crippen molar-refractivity contribution >= 4 is 21.9 Å². The number of Topliss-reactive ketones (excluding diaryl/α,β-unsaturated/α-hetero) is 1. The number of rotatable bonds is 6. The Morgan fingerprint density at radius 2 is 1.92 bits per heavy atom. The van der Waals surface area contributed by atoms with Crippen molar-refractivity contribution in [3.05, 3.63) is 0 Å². The Balaban J connectivity index is 1.98. The molecular weight excluding hydrogens is 360 g/mol. The van der Waals surface area contributed by atoms with Crippen molar-refractivity contribution in [1.82, 2.24) is 13.9 Å². The van der Waals surface area contributed by atoms with Gasteiger partial charge in [0.1, 0.15) is 0 Å². The lowest BCUT2D eigenvalue weighted by Gasteiger charge is -2.31. The van der Waals surface area contributed by atoms with Gasteiger partial charge in [0.15, 0.2) is 5.78 Å². The SMILES string of the molecule is CC(C)C[C@H](N)C(=O)N[C@H]1CCCN(S(=O)(=O)N2CCOCC2)CC1=O. The molecule has 1 amide bonds. The van der Waals surface area contributed by atoms with Gasteiger partial charge in [-0.2, -0.15) is 17.0 Å². The van der Waals surface area contributed by atoms with E-state index in [2.05, 4.69) is 5.32 Å². The number of hydrogen-bond donors (Lipinski definition) is 2. The molecule has 0 aromatic heterocycles. The lowest BCUT2D eigenvalue weighted by atomic mass is 10.0. The van der Waals surface area contributed by atoms with Crippen LogP contribution < -0.4 is 11.1 Å². The molecule has 150 valence electrons. The summed E-state index contributed by atoms with van der Waals surface area (Å²) in [5.41, 5.74) is 5.87. The van der Waals surface area contributed by atoms with Crippen molar-refractivity contribution in [3.63, 3.8) is 0 Å². The Labute approximate surface area is 155 Å². The molecule has 2 heterocycles. The van der Waals surface area contributed by atoms with Crippen LogP contribution in [0.15, 0.2) is 0 Å². The molecule has 2 fully saturated rings. The fourth-order valence-corrected chi connectivity index (χ4v) is 4.77. The van der Waals surface area contributed by atoms with Crippen LogP contribution in [0.4, 0.5) is 0 Å². The first-order chi connectivity index (χ1) is 12.2. The minimum Gasteiger partial charge on any atom is -0.379 e. The number of amides is 1. The van der Waals surface area contributed by atoms with E-state index in [9.17, 15) is 18.0 Å². The summed E-state index contributed by atoms with van der Waals surface area (Å²) in [6, 6.07) is -1.36. The maximum absolute atomic E-state index is 12.7. The summed E-state index contributed by atoms with van der Waals surface area (Å²) >= 11 is 0. The average molecular weight is 391 g/mol. The molecule has 26 heavy (non-hydrogen) atoms. The highest BCUT2D eigenvalue weighted by Crippen LogP contribution is 2.17. The summed E-state index contributed by atoms with van der Waals surface area (Å²) in [5.74, 6) is -0.388. The zero-order valence-electron chi connectivity index (χ0n) is 15.5. The molecular formula is C16H30N4O5S. The Morgan fingerprint density at radius 3 is 2.54 bits per heavy atom. The van der Waals surface area contributed by atoms with Gasteiger partial charge < -0.3 is 15.8 Å². The number of nitrogens with two attached hydrogens (primary N) is 1. The maximum Gasteiger partial charge on any atom is 0.282 e. The smallest absolute Gasteiger partial charge is 0.282 e. The predicted octanol–water partition coefficient (Wildman–Crippen LogP) is -0.913. The fourth-order valence-electron chi connectivity index (χ4n) is 3.18. The first-order valence-electron chi connectivity index (χ1n) is 9.13. The van der Waals surface area contributed by atoms with Crippen LogP contribution in [0.1, 0.15) is 33.1 Å². The third-order valence-electron chi connectivity index (χ3n) is 4.62. The molecule has 3 N–H and O–H groups in total. The zero-order chi connectivity index (χ0) is 19.3. The van der Waals surface area contributed by atoms with Crippen LogP contribution in [0.2, 0.25) is 0 Å². The van der Waals surface area contributed by atoms with Gasteiger partial charge in [-0.25, -0.2) is 0 Å². The third-order valence-corrected chi connectivity index (χ3v) is 6.60. The van der Waals surface area contributed by atoms with Crippen LogP contribution in [0.5, 0.6) is 0 Å². The first-order valence-corrected chi connectivity index (χ1v) is 10.5. The van der Waals surface area contributed by atoms with E-state index in [4.69, 9.17) is 10.5 Å². The van der Waals surface area contributed by atoms with E-state index in [1.54, 1.807) is 0 Å². The standard InChI is InChI=1S/C16H30N4O5S/c1-12(2)10-13(17)16(22)18-14-4-3-5-20(11-15(14)21)26(23,24)19-6-8-25-9-7-19/h12-14H,3-11,17H2,1-2H3,(H,18,22)/t13-,14-/m0/s1. The highest BCUT2D eigenvalue weighted by Gasteiger charge is 2.36. The summed E-state index contributed by atoms with van der Waals surface area (Å²) in [4.78, 5) is 24.7. The second-order valence-electron chi connectivity index (χ2n) is 7.26. The summed E-state index contributed by atoms with van der Waals surface area (Å²) in [6.07, 6.45) is 1.44. The van der Waals surface area contributed by atoms with Crippen molar-refractivity contribution in [3.8, 4) is 0 Å². The number of carbonyl (C=O) groups excluding carboxylic acids is 2. The van der Waals surface area contributed by atoms with Gasteiger partial charge in [0.25, 0.3) is 10.2 Å². The normalized spacial score (nSPS) is 25.1. The third kappa shape index (κ3) is 5.46. The topological polar surface area (TPSA) is 122 Å². The van der Waals surface area contributed by atoms with Gasteiger partial charge in [0.05, 0.1) is 31.8 Å². The minimum atomic E-state index is -3.70. The van der Waals surface area contributed by atoms with Crippen LogP contribution in [-0.4, -0.2) is 80.2 Å². The molecule has 2 aliphatic heterocycles. The van der Waals surface area contributed by atoms with E-state index in [1.165, 1.54) is 8.61 Å². The monoisotopic (exact) mass is 390 g/mol. The minimum absolute atomic E-state index is 0.232. The fraction of sp³-hybridized carbons (Fsp3) is 0.875. The highest BCUT2D eigenvalue weighted by atomic mass is 32.2. The van der Waals surface area contributed by atoms with Crippen molar-refractivity contribution < 1.29 is 22.7 Å². The molecule has 0 spiro atoms. The molecule has 2 atom stereocenters. The Hall–Kier alpha value is -1.07. The van der Waals surface area contributed by atoms with Gasteiger partial charge in [-0.15, -0.1) is 0 Å². The zero-order valence-corrected chi connectivity index (χ0v) is 16.3. The molecule has 2 rings (SSSR count). The second-order valence-corrected chi connectivity index (χ2v) is 9.19. The number of ether oxygens (including phenoxy) is 1. The largest absolute Gasteiger partial charge is 0.379 e. The molecule has 0 saturated carbocycles. The van der Waals surface area contributed by atoms with Crippen molar-refractivity contribution in [2.45, 2.75) is 45.2 Å². The molecule has 0 unspecified atom stereocenters. The van der Waals surface area contributed by atoms with E-state index < -0.39 is 22.3 Å². The van der Waals surface area contributed by atoms with E-state index in [0.717, 1.165) is 0 Å². The van der Waals surface area contributed by atoms with E-state index in [0.29, 0.717) is 32.5 Å². The lowest BCUT2D eigenvalue weighted by molar-refractivity contribution is -0.128. The molecule has 0 aromatic carbocycles. The maximum atomic E-state index is 12.7. The summed E-state index contributed by atoms with van der Waals surface area (Å²) in [7, 11) is -3.70. The van der Waals surface area contributed by atoms with Gasteiger partial charge in [0.2, 0.25) is 5.91 Å². The summed E-state index contributed by atoms with van der Waals surface area (Å²) in [6.45, 7) is 5.26. The summed E-state index contributed by atoms with van der Waals surface area (Å²) < 4.78 is 33.2. The van der Waals surface area contributed by atoms with Gasteiger partial charge in [-0.05, 0) is 25.2 Å². The second kappa shape index (κ2) is 9.23. The van der Waals surface area contributed by atoms with Gasteiger partial charge in [-0.3, -0.25) is 9.59 Å². The number of nitrogens with zero attached hydrogens (tertiary/aromatic N) is 2. The first kappa shape index (κ1) is 21.2. The Morgan fingerprint density at radius 1 is 1.27 bits per heavy atom. The summed E-state index contributed by atoms with van der Waals surface area (Å²) in [5, 5.41) is 2.70. The molecule has 0 radical (unpaired) electrons. The molecule has 2 saturated heterocycles. The van der Waals surface area contributed by atoms with Crippen LogP contribution in [0.25, 0.3) is 0 Å². The van der Waals surface area contributed by atoms with Crippen LogP contribution in [0, 0.1) is 5.92 Å². The van der Waals surface area contributed by atoms with Crippen LogP contribution >= 0.6 is 0 Å². The van der Waals surface area contributed by atoms with E-state index >= 15 is 0 Å². The lowest BCUT2D eigenvalue weighted by Crippen LogP contribution is -2.52. The van der Waals surface area contributed by atoms with Gasteiger partial charge in [0, 0.05) is 19.6 Å². The number of ketones is 1. The van der Waals surface area contributed by atoms with Crippen molar-refractivity contribution in [1.29, 1.82) is 0 Å². The van der Waals surface area contributed by atoms with Crippen LogP contribution in [0.3, 0.4) is 0 Å². The number of hydrogen-bond acceptors (Lipinski definition) is 6. The van der Waals surface area contributed by atoms with Crippen molar-refractivity contribution in [2.75, 3.05) is 39.4 Å². The molecule has 9 nitrogen and oxygen atoms in total. The number of carbonyl (C=O) groups is 2. The van der Waals surface area contributed by atoms with E-state index in [1.807, 2.05) is 13.8 Å². The van der Waals surface area contributed by atoms with Gasteiger partial charge >= 0.3 is 0 Å². The highest BCUT2D eigenvalue weighted by molar-refractivity contribution is 7.86. The van der Waals surface area contributed by atoms with Crippen LogP contribution in [-0.2, 0) is 24.5 Å². The Kier molecular flexibility index (Phi) is 7.53. The molecule has 0 aliphatic carbocycles. The van der Waals surface area contributed by atoms with Crippen molar-refractivity contribution in [2.24, 2.45) is 11.7 Å². The quantitative estimate of drug-likeness (QED) is 0.605. The number of morpholine rings is 1. The van der Waals surface area contributed by atoms with E-state index in [-0.39, 0.29) is 43.8 Å². The van der Waals surface area contributed by atoms with Gasteiger partial charge in [-0.1, -0.05) is 13.8 Å². The molecule has 0 aromatic rings. The molecule has 0 bridgehead atoms. The molecule has 2 aliphatic rings. The average Bonchev–Trinajstić information content (AvgIpc) is 2.77. The predicted molar refractivity (Wildman–Crippen MR) is 96.5 cm³/mol. The molecule has 10 heteroatoms. The number of nitrogens with one attached hydrogen (secondary N) is 1. The Bertz CT molecular complexity index is 604.